The van der Waals surface area contributed by atoms with Crippen molar-refractivity contribution in [1.82, 2.24) is 15.2 Å². The molecule has 1 aliphatic heterocycles. The number of nitrogens with two attached hydrogens (primary N) is 1. The molecular weight excluding hydrogens is 232 g/mol. The second-order valence-corrected chi connectivity index (χ2v) is 4.84. The monoisotopic (exact) mass is 248 g/mol. The van der Waals surface area contributed by atoms with Gasteiger partial charge >= 0.3 is 0 Å². The molecule has 0 spiro atoms. The van der Waals surface area contributed by atoms with Gasteiger partial charge in [0.2, 0.25) is 0 Å². The van der Waals surface area contributed by atoms with Gasteiger partial charge in [-0.25, -0.2) is 4.98 Å². The van der Waals surface area contributed by atoms with E-state index < -0.39 is 0 Å². The molecule has 1 fully saturated rings. The molecule has 6 heteroatoms. The Morgan fingerprint density at radius 1 is 1.73 bits per heavy atom. The highest BCUT2D eigenvalue weighted by Crippen LogP contribution is 2.18. The summed E-state index contributed by atoms with van der Waals surface area (Å²) in [5.74, 6) is 0. The Morgan fingerprint density at radius 2 is 2.53 bits per heavy atom. The van der Waals surface area contributed by atoms with Crippen molar-refractivity contribution in [2.24, 2.45) is 0 Å². The molecule has 0 amide bonds. The number of aromatic nitrogens is 1. The molecule has 3 N–H and O–H groups in total. The summed E-state index contributed by atoms with van der Waals surface area (Å²) in [5, 5.41) is 4.05. The molecule has 0 bridgehead atoms. The number of nitrogens with one attached hydrogen (secondary N) is 1. The number of nitrogen functional groups attached to an aromatic ring is 1. The Bertz CT molecular complexity index is 304. The summed E-state index contributed by atoms with van der Waals surface area (Å²) >= 11 is 1.59. The van der Waals surface area contributed by atoms with E-state index in [0.717, 1.165) is 26.2 Å². The normalized spacial score (nSPS) is 22.3. The van der Waals surface area contributed by atoms with Crippen molar-refractivity contribution in [2.45, 2.75) is 19.5 Å². The van der Waals surface area contributed by atoms with Crippen LogP contribution >= 0.6 is 23.7 Å². The number of anilines is 1. The summed E-state index contributed by atoms with van der Waals surface area (Å²) in [6.45, 7) is 6.50. The highest BCUT2D eigenvalue weighted by atomic mass is 35.5. The first-order chi connectivity index (χ1) is 6.75. The molecule has 1 aromatic rings. The average molecular weight is 249 g/mol. The Kier molecular flexibility index (Phi) is 4.79. The van der Waals surface area contributed by atoms with E-state index in [-0.39, 0.29) is 12.4 Å². The van der Waals surface area contributed by atoms with Crippen molar-refractivity contribution in [1.29, 1.82) is 0 Å². The maximum absolute atomic E-state index is 5.59. The fraction of sp³-hybridized carbons (Fsp3) is 0.667. The van der Waals surface area contributed by atoms with Crippen molar-refractivity contribution < 1.29 is 0 Å². The lowest BCUT2D eigenvalue weighted by Crippen LogP contribution is -2.49. The molecule has 2 heterocycles. The van der Waals surface area contributed by atoms with Gasteiger partial charge in [0, 0.05) is 43.3 Å². The van der Waals surface area contributed by atoms with E-state index in [1.165, 1.54) is 4.88 Å². The van der Waals surface area contributed by atoms with Crippen LogP contribution in [0.2, 0.25) is 0 Å². The average Bonchev–Trinajstić information content (AvgIpc) is 2.56. The second kappa shape index (κ2) is 5.65. The summed E-state index contributed by atoms with van der Waals surface area (Å²) in [7, 11) is 0. The Morgan fingerprint density at radius 3 is 3.13 bits per heavy atom. The Labute approximate surface area is 100 Å². The smallest absolute Gasteiger partial charge is 0.180 e. The first-order valence-electron chi connectivity index (χ1n) is 4.90. The third kappa shape index (κ3) is 3.31. The fourth-order valence-corrected chi connectivity index (χ4v) is 2.42. The number of piperazine rings is 1. The van der Waals surface area contributed by atoms with E-state index in [1.54, 1.807) is 11.3 Å². The number of thiazole rings is 1. The Hall–Kier alpha value is -0.360. The molecule has 0 saturated carbocycles. The summed E-state index contributed by atoms with van der Waals surface area (Å²) < 4.78 is 0. The minimum absolute atomic E-state index is 0. The molecule has 15 heavy (non-hydrogen) atoms. The first-order valence-corrected chi connectivity index (χ1v) is 5.72. The van der Waals surface area contributed by atoms with Crippen molar-refractivity contribution in [2.75, 3.05) is 25.4 Å². The molecule has 0 aliphatic carbocycles. The zero-order valence-electron chi connectivity index (χ0n) is 8.77. The number of rotatable bonds is 2. The van der Waals surface area contributed by atoms with Crippen LogP contribution in [0.3, 0.4) is 0 Å². The van der Waals surface area contributed by atoms with Gasteiger partial charge in [0.15, 0.2) is 5.13 Å². The lowest BCUT2D eigenvalue weighted by Gasteiger charge is -2.33. The van der Waals surface area contributed by atoms with Crippen molar-refractivity contribution in [3.8, 4) is 0 Å². The number of hydrogen-bond donors (Lipinski definition) is 2. The van der Waals surface area contributed by atoms with E-state index in [0.29, 0.717) is 11.2 Å². The predicted octanol–water partition coefficient (Wildman–Crippen LogP) is 0.941. The van der Waals surface area contributed by atoms with Gasteiger partial charge < -0.3 is 11.1 Å². The SMILES string of the molecule is C[C@@H]1CNCCN1Cc1cnc(N)s1.Cl. The highest BCUT2D eigenvalue weighted by Gasteiger charge is 2.18. The summed E-state index contributed by atoms with van der Waals surface area (Å²) in [6.07, 6.45) is 1.88. The lowest BCUT2D eigenvalue weighted by atomic mass is 10.2. The van der Waals surface area contributed by atoms with Gasteiger partial charge in [-0.3, -0.25) is 4.90 Å². The highest BCUT2D eigenvalue weighted by molar-refractivity contribution is 7.15. The molecule has 0 radical (unpaired) electrons. The molecule has 0 aromatic carbocycles. The van der Waals surface area contributed by atoms with Crippen LogP contribution in [-0.4, -0.2) is 35.6 Å². The lowest BCUT2D eigenvalue weighted by molar-refractivity contribution is 0.167. The van der Waals surface area contributed by atoms with E-state index >= 15 is 0 Å². The molecule has 1 aromatic heterocycles. The fourth-order valence-electron chi connectivity index (χ4n) is 1.71. The third-order valence-corrected chi connectivity index (χ3v) is 3.38. The first kappa shape index (κ1) is 12.7. The van der Waals surface area contributed by atoms with Crippen LogP contribution in [0.15, 0.2) is 6.20 Å². The van der Waals surface area contributed by atoms with Gasteiger partial charge in [0.1, 0.15) is 0 Å². The predicted molar refractivity (Wildman–Crippen MR) is 66.5 cm³/mol. The summed E-state index contributed by atoms with van der Waals surface area (Å²) in [5.41, 5.74) is 5.59. The van der Waals surface area contributed by atoms with Crippen molar-refractivity contribution in [3.63, 3.8) is 0 Å². The number of hydrogen-bond acceptors (Lipinski definition) is 5. The summed E-state index contributed by atoms with van der Waals surface area (Å²) in [4.78, 5) is 7.78. The molecule has 2 rings (SSSR count). The molecule has 1 aliphatic rings. The minimum Gasteiger partial charge on any atom is -0.375 e. The zero-order chi connectivity index (χ0) is 9.97. The van der Waals surface area contributed by atoms with Crippen LogP contribution in [0.1, 0.15) is 11.8 Å². The van der Waals surface area contributed by atoms with Crippen LogP contribution in [0.5, 0.6) is 0 Å². The molecule has 1 atom stereocenters. The van der Waals surface area contributed by atoms with Crippen LogP contribution in [0.4, 0.5) is 5.13 Å². The van der Waals surface area contributed by atoms with E-state index in [4.69, 9.17) is 5.73 Å². The van der Waals surface area contributed by atoms with Gasteiger partial charge in [-0.15, -0.1) is 23.7 Å². The molecular formula is C9H17ClN4S. The Balaban J connectivity index is 0.00000112. The van der Waals surface area contributed by atoms with Crippen LogP contribution in [-0.2, 0) is 6.54 Å². The molecule has 4 nitrogen and oxygen atoms in total. The number of nitrogens with zero attached hydrogens (tertiary/aromatic N) is 2. The summed E-state index contributed by atoms with van der Waals surface area (Å²) in [6, 6.07) is 0.604. The molecule has 0 unspecified atom stereocenters. The maximum atomic E-state index is 5.59. The standard InChI is InChI=1S/C9H16N4S.ClH/c1-7-4-11-2-3-13(7)6-8-5-12-9(10)14-8;/h5,7,11H,2-4,6H2,1H3,(H2,10,12);1H/t7-;/m1./s1. The van der Waals surface area contributed by atoms with Crippen molar-refractivity contribution >= 4 is 28.9 Å². The van der Waals surface area contributed by atoms with Crippen LogP contribution in [0, 0.1) is 0 Å². The molecule has 86 valence electrons. The second-order valence-electron chi connectivity index (χ2n) is 3.69. The zero-order valence-corrected chi connectivity index (χ0v) is 10.4. The van der Waals surface area contributed by atoms with E-state index in [1.807, 2.05) is 6.20 Å². The van der Waals surface area contributed by atoms with Crippen molar-refractivity contribution in [3.05, 3.63) is 11.1 Å². The van der Waals surface area contributed by atoms with Crippen LogP contribution in [0.25, 0.3) is 0 Å². The van der Waals surface area contributed by atoms with Gasteiger partial charge in [-0.2, -0.15) is 0 Å². The third-order valence-electron chi connectivity index (χ3n) is 2.57. The number of halogens is 1. The molecule has 1 saturated heterocycles. The van der Waals surface area contributed by atoms with E-state index in [9.17, 15) is 0 Å². The minimum atomic E-state index is 0. The largest absolute Gasteiger partial charge is 0.375 e. The van der Waals surface area contributed by atoms with E-state index in [2.05, 4.69) is 22.1 Å². The topological polar surface area (TPSA) is 54.2 Å². The van der Waals surface area contributed by atoms with Gasteiger partial charge in [-0.1, -0.05) is 0 Å². The maximum Gasteiger partial charge on any atom is 0.180 e. The van der Waals surface area contributed by atoms with Gasteiger partial charge in [0.25, 0.3) is 0 Å². The van der Waals surface area contributed by atoms with Crippen LogP contribution < -0.4 is 11.1 Å². The quantitative estimate of drug-likeness (QED) is 0.818. The van der Waals surface area contributed by atoms with Gasteiger partial charge in [-0.05, 0) is 6.92 Å². The van der Waals surface area contributed by atoms with Gasteiger partial charge in [0.05, 0.1) is 0 Å².